The predicted molar refractivity (Wildman–Crippen MR) is 69.3 cm³/mol. The molecule has 2 heteroatoms. The molecule has 0 aliphatic carbocycles. The largest absolute Gasteiger partial charge is 0.315 e. The molecule has 0 bridgehead atoms. The van der Waals surface area contributed by atoms with Crippen molar-refractivity contribution in [3.05, 3.63) is 0 Å². The monoisotopic (exact) mass is 214 g/mol. The first-order valence-corrected chi connectivity index (χ1v) is 6.42. The first-order chi connectivity index (χ1) is 6.97. The summed E-state index contributed by atoms with van der Waals surface area (Å²) in [6.07, 6.45) is 0. The molecule has 0 saturated carbocycles. The number of likely N-dealkylation sites (N-methyl/N-ethyl adjacent to an activating group) is 1. The van der Waals surface area contributed by atoms with Gasteiger partial charge in [-0.3, -0.25) is 4.90 Å². The first kappa shape index (κ1) is 14.9. The predicted octanol–water partition coefficient (Wildman–Crippen LogP) is 2.60. The summed E-state index contributed by atoms with van der Waals surface area (Å²) in [5, 5.41) is 3.53. The third kappa shape index (κ3) is 7.80. The zero-order valence-corrected chi connectivity index (χ0v) is 11.5. The summed E-state index contributed by atoms with van der Waals surface area (Å²) in [4.78, 5) is 2.55. The molecule has 0 fully saturated rings. The summed E-state index contributed by atoms with van der Waals surface area (Å²) in [5.41, 5.74) is 0. The molecule has 0 aromatic heterocycles. The van der Waals surface area contributed by atoms with E-state index in [1.54, 1.807) is 0 Å². The summed E-state index contributed by atoms with van der Waals surface area (Å²) in [6, 6.07) is 0.649. The zero-order chi connectivity index (χ0) is 11.8. The van der Waals surface area contributed by atoms with Crippen LogP contribution in [0.3, 0.4) is 0 Å². The van der Waals surface area contributed by atoms with E-state index >= 15 is 0 Å². The van der Waals surface area contributed by atoms with Gasteiger partial charge in [-0.2, -0.15) is 0 Å². The van der Waals surface area contributed by atoms with E-state index in [1.165, 1.54) is 6.54 Å². The second kappa shape index (κ2) is 8.12. The molecule has 0 amide bonds. The van der Waals surface area contributed by atoms with E-state index in [0.717, 1.165) is 31.5 Å². The number of nitrogens with zero attached hydrogens (tertiary/aromatic N) is 1. The normalized spacial score (nSPS) is 14.2. The van der Waals surface area contributed by atoms with Crippen LogP contribution in [-0.4, -0.2) is 37.1 Å². The van der Waals surface area contributed by atoms with Crippen LogP contribution in [0.5, 0.6) is 0 Å². The molecule has 0 heterocycles. The fraction of sp³-hybridized carbons (Fsp3) is 1.00. The van der Waals surface area contributed by atoms with Gasteiger partial charge in [0.25, 0.3) is 0 Å². The summed E-state index contributed by atoms with van der Waals surface area (Å²) in [6.45, 7) is 18.3. The summed E-state index contributed by atoms with van der Waals surface area (Å²) >= 11 is 0. The fourth-order valence-corrected chi connectivity index (χ4v) is 1.80. The lowest BCUT2D eigenvalue weighted by Gasteiger charge is -2.29. The molecule has 1 unspecified atom stereocenters. The standard InChI is InChI=1S/C13H30N2/c1-7-15(10-12(4)5)13(6)9-14-8-11(2)3/h11-14H,7-10H2,1-6H3. The molecule has 0 aliphatic rings. The van der Waals surface area contributed by atoms with Crippen LogP contribution in [0.15, 0.2) is 0 Å². The highest BCUT2D eigenvalue weighted by atomic mass is 15.2. The summed E-state index contributed by atoms with van der Waals surface area (Å²) in [7, 11) is 0. The third-order valence-electron chi connectivity index (χ3n) is 2.62. The van der Waals surface area contributed by atoms with Gasteiger partial charge in [0.15, 0.2) is 0 Å². The summed E-state index contributed by atoms with van der Waals surface area (Å²) in [5.74, 6) is 1.51. The van der Waals surface area contributed by atoms with Crippen molar-refractivity contribution in [3.8, 4) is 0 Å². The molecule has 0 spiro atoms. The molecule has 1 N–H and O–H groups in total. The van der Waals surface area contributed by atoms with E-state index in [-0.39, 0.29) is 0 Å². The van der Waals surface area contributed by atoms with Crippen molar-refractivity contribution >= 4 is 0 Å². The lowest BCUT2D eigenvalue weighted by Crippen LogP contribution is -2.42. The average Bonchev–Trinajstić information content (AvgIpc) is 2.13. The van der Waals surface area contributed by atoms with Gasteiger partial charge in [-0.15, -0.1) is 0 Å². The van der Waals surface area contributed by atoms with Crippen LogP contribution in [-0.2, 0) is 0 Å². The number of rotatable bonds is 8. The van der Waals surface area contributed by atoms with Gasteiger partial charge in [0.05, 0.1) is 0 Å². The Morgan fingerprint density at radius 2 is 1.53 bits per heavy atom. The molecule has 0 aromatic rings. The van der Waals surface area contributed by atoms with Crippen molar-refractivity contribution in [1.82, 2.24) is 10.2 Å². The molecule has 0 saturated heterocycles. The van der Waals surface area contributed by atoms with E-state index < -0.39 is 0 Å². The van der Waals surface area contributed by atoms with E-state index in [4.69, 9.17) is 0 Å². The topological polar surface area (TPSA) is 15.3 Å². The van der Waals surface area contributed by atoms with Crippen LogP contribution in [0.4, 0.5) is 0 Å². The quantitative estimate of drug-likeness (QED) is 0.668. The molecular weight excluding hydrogens is 184 g/mol. The Balaban J connectivity index is 3.77. The van der Waals surface area contributed by atoms with Crippen LogP contribution < -0.4 is 5.32 Å². The van der Waals surface area contributed by atoms with Crippen molar-refractivity contribution in [2.24, 2.45) is 11.8 Å². The van der Waals surface area contributed by atoms with Gasteiger partial charge in [0.2, 0.25) is 0 Å². The molecule has 0 radical (unpaired) electrons. The highest BCUT2D eigenvalue weighted by Crippen LogP contribution is 2.03. The van der Waals surface area contributed by atoms with Gasteiger partial charge >= 0.3 is 0 Å². The minimum absolute atomic E-state index is 0.649. The molecular formula is C13H30N2. The van der Waals surface area contributed by atoms with Gasteiger partial charge in [-0.1, -0.05) is 34.6 Å². The second-order valence-electron chi connectivity index (χ2n) is 5.38. The highest BCUT2D eigenvalue weighted by molar-refractivity contribution is 4.70. The molecule has 0 aromatic carbocycles. The van der Waals surface area contributed by atoms with E-state index in [1.807, 2.05) is 0 Å². The Labute approximate surface area is 96.4 Å². The molecule has 1 atom stereocenters. The van der Waals surface area contributed by atoms with Crippen molar-refractivity contribution in [3.63, 3.8) is 0 Å². The number of hydrogen-bond donors (Lipinski definition) is 1. The van der Waals surface area contributed by atoms with Crippen molar-refractivity contribution in [2.45, 2.75) is 47.6 Å². The van der Waals surface area contributed by atoms with Crippen molar-refractivity contribution in [2.75, 3.05) is 26.2 Å². The van der Waals surface area contributed by atoms with Gasteiger partial charge < -0.3 is 5.32 Å². The van der Waals surface area contributed by atoms with Crippen molar-refractivity contribution < 1.29 is 0 Å². The smallest absolute Gasteiger partial charge is 0.0192 e. The molecule has 15 heavy (non-hydrogen) atoms. The maximum Gasteiger partial charge on any atom is 0.0192 e. The van der Waals surface area contributed by atoms with Gasteiger partial charge in [-0.25, -0.2) is 0 Å². The van der Waals surface area contributed by atoms with Crippen molar-refractivity contribution in [1.29, 1.82) is 0 Å². The maximum atomic E-state index is 3.53. The Morgan fingerprint density at radius 1 is 0.933 bits per heavy atom. The van der Waals surface area contributed by atoms with Crippen LogP contribution >= 0.6 is 0 Å². The van der Waals surface area contributed by atoms with Crippen LogP contribution in [0.2, 0.25) is 0 Å². The molecule has 0 rings (SSSR count). The summed E-state index contributed by atoms with van der Waals surface area (Å²) < 4.78 is 0. The minimum atomic E-state index is 0.649. The van der Waals surface area contributed by atoms with Crippen LogP contribution in [0, 0.1) is 11.8 Å². The van der Waals surface area contributed by atoms with Crippen LogP contribution in [0.25, 0.3) is 0 Å². The average molecular weight is 214 g/mol. The number of nitrogens with one attached hydrogen (secondary N) is 1. The van der Waals surface area contributed by atoms with E-state index in [0.29, 0.717) is 6.04 Å². The molecule has 92 valence electrons. The third-order valence-corrected chi connectivity index (χ3v) is 2.62. The lowest BCUT2D eigenvalue weighted by atomic mass is 10.1. The number of hydrogen-bond acceptors (Lipinski definition) is 2. The molecule has 0 aliphatic heterocycles. The Morgan fingerprint density at radius 3 is 1.93 bits per heavy atom. The van der Waals surface area contributed by atoms with Gasteiger partial charge in [0.1, 0.15) is 0 Å². The molecule has 2 nitrogen and oxygen atoms in total. The maximum absolute atomic E-state index is 3.53. The fourth-order valence-electron chi connectivity index (χ4n) is 1.80. The van der Waals surface area contributed by atoms with Gasteiger partial charge in [-0.05, 0) is 31.8 Å². The Bertz CT molecular complexity index is 143. The van der Waals surface area contributed by atoms with Gasteiger partial charge in [0, 0.05) is 19.1 Å². The second-order valence-corrected chi connectivity index (χ2v) is 5.38. The SMILES string of the molecule is CCN(CC(C)C)C(C)CNCC(C)C. The highest BCUT2D eigenvalue weighted by Gasteiger charge is 2.12. The lowest BCUT2D eigenvalue weighted by molar-refractivity contribution is 0.191. The zero-order valence-electron chi connectivity index (χ0n) is 11.5. The van der Waals surface area contributed by atoms with E-state index in [2.05, 4.69) is 51.8 Å². The Kier molecular flexibility index (Phi) is 8.07. The van der Waals surface area contributed by atoms with Crippen LogP contribution in [0.1, 0.15) is 41.5 Å². The Hall–Kier alpha value is -0.0800. The van der Waals surface area contributed by atoms with E-state index in [9.17, 15) is 0 Å². The minimum Gasteiger partial charge on any atom is -0.315 e. The first-order valence-electron chi connectivity index (χ1n) is 6.42.